The van der Waals surface area contributed by atoms with E-state index in [1.54, 1.807) is 11.9 Å². The lowest BCUT2D eigenvalue weighted by molar-refractivity contribution is 0.592. The Bertz CT molecular complexity index is 867. The Morgan fingerprint density at radius 2 is 2.05 bits per heavy atom. The van der Waals surface area contributed by atoms with E-state index >= 15 is 0 Å². The number of fused-ring (bicyclic) bond motifs is 1. The molecule has 116 valence electrons. The Morgan fingerprint density at radius 1 is 1.27 bits per heavy atom. The molecule has 1 aromatic carbocycles. The van der Waals surface area contributed by atoms with Gasteiger partial charge in [0.05, 0.1) is 16.8 Å². The maximum absolute atomic E-state index is 12.0. The van der Waals surface area contributed by atoms with Crippen LogP contribution in [0.4, 0.5) is 11.1 Å². The van der Waals surface area contributed by atoms with Crippen molar-refractivity contribution >= 4 is 43.3 Å². The molecule has 7 nitrogen and oxygen atoms in total. The lowest BCUT2D eigenvalue weighted by atomic mass is 10.3. The van der Waals surface area contributed by atoms with Gasteiger partial charge in [0.2, 0.25) is 25.3 Å². The first-order valence-electron chi connectivity index (χ1n) is 6.76. The number of aromatic nitrogens is 4. The van der Waals surface area contributed by atoms with E-state index in [1.807, 2.05) is 31.2 Å². The van der Waals surface area contributed by atoms with Gasteiger partial charge in [-0.15, -0.1) is 10.2 Å². The van der Waals surface area contributed by atoms with Crippen LogP contribution in [0.25, 0.3) is 11.0 Å². The molecular formula is C13H15N5O2S2. The SMILES string of the molecule is CCCS(=O)(=O)c1nnc(N(C)c2nc3ccccc3[nH]2)s1. The van der Waals surface area contributed by atoms with Gasteiger partial charge in [0.15, 0.2) is 0 Å². The molecule has 0 radical (unpaired) electrons. The fourth-order valence-electron chi connectivity index (χ4n) is 2.01. The van der Waals surface area contributed by atoms with Crippen molar-refractivity contribution in [3.8, 4) is 0 Å². The highest BCUT2D eigenvalue weighted by Crippen LogP contribution is 2.28. The molecule has 2 heterocycles. The average Bonchev–Trinajstić information content (AvgIpc) is 3.13. The Labute approximate surface area is 131 Å². The first-order valence-corrected chi connectivity index (χ1v) is 9.23. The quantitative estimate of drug-likeness (QED) is 0.768. The van der Waals surface area contributed by atoms with Crippen LogP contribution in [0.1, 0.15) is 13.3 Å². The number of H-pyrrole nitrogens is 1. The molecule has 0 unspecified atom stereocenters. The van der Waals surface area contributed by atoms with Crippen molar-refractivity contribution in [1.29, 1.82) is 0 Å². The summed E-state index contributed by atoms with van der Waals surface area (Å²) in [6.45, 7) is 1.82. The highest BCUT2D eigenvalue weighted by Gasteiger charge is 2.22. The predicted molar refractivity (Wildman–Crippen MR) is 86.4 cm³/mol. The van der Waals surface area contributed by atoms with Gasteiger partial charge in [0, 0.05) is 7.05 Å². The van der Waals surface area contributed by atoms with Gasteiger partial charge in [-0.2, -0.15) is 0 Å². The van der Waals surface area contributed by atoms with Gasteiger partial charge in [-0.25, -0.2) is 13.4 Å². The molecular weight excluding hydrogens is 322 g/mol. The van der Waals surface area contributed by atoms with E-state index in [-0.39, 0.29) is 10.1 Å². The third-order valence-electron chi connectivity index (χ3n) is 3.12. The highest BCUT2D eigenvalue weighted by molar-refractivity contribution is 7.93. The van der Waals surface area contributed by atoms with Gasteiger partial charge in [-0.1, -0.05) is 30.4 Å². The summed E-state index contributed by atoms with van der Waals surface area (Å²) in [5.41, 5.74) is 1.75. The van der Waals surface area contributed by atoms with E-state index < -0.39 is 9.84 Å². The summed E-state index contributed by atoms with van der Waals surface area (Å²) >= 11 is 1.05. The first kappa shape index (κ1) is 14.9. The number of para-hydroxylation sites is 2. The summed E-state index contributed by atoms with van der Waals surface area (Å²) in [7, 11) is -1.57. The van der Waals surface area contributed by atoms with Crippen LogP contribution in [0.5, 0.6) is 0 Å². The summed E-state index contributed by atoms with van der Waals surface area (Å²) in [4.78, 5) is 9.32. The van der Waals surface area contributed by atoms with E-state index in [2.05, 4.69) is 20.2 Å². The summed E-state index contributed by atoms with van der Waals surface area (Å²) in [6, 6.07) is 7.66. The smallest absolute Gasteiger partial charge is 0.234 e. The van der Waals surface area contributed by atoms with Crippen LogP contribution < -0.4 is 4.90 Å². The fourth-order valence-corrected chi connectivity index (χ4v) is 4.41. The molecule has 0 spiro atoms. The zero-order chi connectivity index (χ0) is 15.7. The summed E-state index contributed by atoms with van der Waals surface area (Å²) in [5, 5.41) is 8.25. The van der Waals surface area contributed by atoms with Crippen LogP contribution in [0.2, 0.25) is 0 Å². The second kappa shape index (κ2) is 5.65. The zero-order valence-corrected chi connectivity index (χ0v) is 13.8. The molecule has 0 fully saturated rings. The second-order valence-corrected chi connectivity index (χ2v) is 8.04. The molecule has 1 N–H and O–H groups in total. The minimum atomic E-state index is -3.34. The van der Waals surface area contributed by atoms with Crippen LogP contribution in [-0.2, 0) is 9.84 Å². The standard InChI is InChI=1S/C13H15N5O2S2/c1-3-8-22(19,20)13-17-16-12(21-13)18(2)11-14-9-6-4-5-7-10(9)15-11/h4-7H,3,8H2,1-2H3,(H,14,15). The summed E-state index contributed by atoms with van der Waals surface area (Å²) in [6.07, 6.45) is 0.552. The van der Waals surface area contributed by atoms with Crippen LogP contribution in [0, 0.1) is 0 Å². The molecule has 0 atom stereocenters. The van der Waals surface area contributed by atoms with E-state index in [0.29, 0.717) is 17.5 Å². The molecule has 0 aliphatic heterocycles. The van der Waals surface area contributed by atoms with Crippen molar-refractivity contribution < 1.29 is 8.42 Å². The molecule has 0 saturated heterocycles. The first-order chi connectivity index (χ1) is 10.5. The maximum Gasteiger partial charge on any atom is 0.234 e. The Kier molecular flexibility index (Phi) is 3.83. The number of anilines is 2. The number of imidazole rings is 1. The predicted octanol–water partition coefficient (Wildman–Crippen LogP) is 2.37. The number of nitrogens with one attached hydrogen (secondary N) is 1. The number of benzene rings is 1. The zero-order valence-electron chi connectivity index (χ0n) is 12.1. The molecule has 3 aromatic rings. The Hall–Kier alpha value is -2.00. The normalized spacial score (nSPS) is 11.9. The van der Waals surface area contributed by atoms with Crippen LogP contribution in [0.3, 0.4) is 0 Å². The van der Waals surface area contributed by atoms with E-state index in [9.17, 15) is 8.42 Å². The van der Waals surface area contributed by atoms with Crippen molar-refractivity contribution in [3.63, 3.8) is 0 Å². The molecule has 2 aromatic heterocycles. The van der Waals surface area contributed by atoms with E-state index in [4.69, 9.17) is 0 Å². The molecule has 0 bridgehead atoms. The second-order valence-electron chi connectivity index (χ2n) is 4.81. The summed E-state index contributed by atoms with van der Waals surface area (Å²) < 4.78 is 24.1. The van der Waals surface area contributed by atoms with Crippen molar-refractivity contribution in [2.45, 2.75) is 17.7 Å². The van der Waals surface area contributed by atoms with Gasteiger partial charge in [-0.3, -0.25) is 4.90 Å². The van der Waals surface area contributed by atoms with Crippen LogP contribution in [-0.4, -0.2) is 41.4 Å². The minimum absolute atomic E-state index is 0.0484. The Morgan fingerprint density at radius 3 is 2.77 bits per heavy atom. The number of hydrogen-bond acceptors (Lipinski definition) is 7. The molecule has 0 aliphatic carbocycles. The third kappa shape index (κ3) is 2.69. The van der Waals surface area contributed by atoms with Gasteiger partial charge >= 0.3 is 0 Å². The maximum atomic E-state index is 12.0. The molecule has 0 saturated carbocycles. The monoisotopic (exact) mass is 337 g/mol. The number of nitrogens with zero attached hydrogens (tertiary/aromatic N) is 4. The van der Waals surface area contributed by atoms with Crippen molar-refractivity contribution in [3.05, 3.63) is 24.3 Å². The lowest BCUT2D eigenvalue weighted by Gasteiger charge is -2.10. The minimum Gasteiger partial charge on any atom is -0.324 e. The van der Waals surface area contributed by atoms with Gasteiger partial charge < -0.3 is 4.98 Å². The highest BCUT2D eigenvalue weighted by atomic mass is 32.2. The topological polar surface area (TPSA) is 91.8 Å². The van der Waals surface area contributed by atoms with Gasteiger partial charge in [0.1, 0.15) is 0 Å². The number of sulfone groups is 1. The third-order valence-corrected chi connectivity index (χ3v) is 6.48. The molecule has 0 amide bonds. The average molecular weight is 337 g/mol. The Balaban J connectivity index is 1.92. The summed E-state index contributed by atoms with van der Waals surface area (Å²) in [5.74, 6) is 0.674. The molecule has 9 heteroatoms. The lowest BCUT2D eigenvalue weighted by Crippen LogP contribution is -2.10. The molecule has 22 heavy (non-hydrogen) atoms. The van der Waals surface area contributed by atoms with E-state index in [1.165, 1.54) is 0 Å². The van der Waals surface area contributed by atoms with Crippen LogP contribution >= 0.6 is 11.3 Å². The van der Waals surface area contributed by atoms with Crippen LogP contribution in [0.15, 0.2) is 28.6 Å². The van der Waals surface area contributed by atoms with Gasteiger partial charge in [-0.05, 0) is 18.6 Å². The van der Waals surface area contributed by atoms with Crippen molar-refractivity contribution in [2.75, 3.05) is 17.7 Å². The molecule has 3 rings (SSSR count). The van der Waals surface area contributed by atoms with E-state index in [0.717, 1.165) is 22.4 Å². The number of hydrogen-bond donors (Lipinski definition) is 1. The van der Waals surface area contributed by atoms with Crippen molar-refractivity contribution in [2.24, 2.45) is 0 Å². The largest absolute Gasteiger partial charge is 0.324 e. The molecule has 0 aliphatic rings. The van der Waals surface area contributed by atoms with Crippen molar-refractivity contribution in [1.82, 2.24) is 20.2 Å². The number of aromatic amines is 1. The fraction of sp³-hybridized carbons (Fsp3) is 0.308. The van der Waals surface area contributed by atoms with Gasteiger partial charge in [0.25, 0.3) is 0 Å². The number of rotatable bonds is 5.